The number of aromatic nitrogens is 2. The van der Waals surface area contributed by atoms with Crippen molar-refractivity contribution in [3.8, 4) is 5.88 Å². The van der Waals surface area contributed by atoms with E-state index in [1.54, 1.807) is 32.3 Å². The van der Waals surface area contributed by atoms with Crippen molar-refractivity contribution in [1.82, 2.24) is 15.3 Å². The number of halogens is 1. The van der Waals surface area contributed by atoms with Gasteiger partial charge in [0.2, 0.25) is 17.7 Å². The fraction of sp³-hybridized carbons (Fsp3) is 0.409. The Bertz CT molecular complexity index is 738. The number of nitrogens with zero attached hydrogens (tertiary/aromatic N) is 2. The molecule has 0 saturated heterocycles. The molecule has 1 amide bonds. The number of carbonyl (C=O) groups is 1. The number of carbonyl (C=O) groups excluding carboxylic acids is 1. The van der Waals surface area contributed by atoms with Crippen molar-refractivity contribution in [3.63, 3.8) is 0 Å². The molecule has 2 N–H and O–H groups in total. The first kappa shape index (κ1) is 28.8. The van der Waals surface area contributed by atoms with Gasteiger partial charge in [-0.25, -0.2) is 4.98 Å². The number of likely N-dealkylation sites (N-methyl/N-ethyl adjacent to an activating group) is 1. The van der Waals surface area contributed by atoms with E-state index in [1.165, 1.54) is 0 Å². The molecule has 0 saturated carbocycles. The Morgan fingerprint density at radius 2 is 1.69 bits per heavy atom. The van der Waals surface area contributed by atoms with Crippen LogP contribution in [0, 0.1) is 0 Å². The van der Waals surface area contributed by atoms with Gasteiger partial charge >= 0.3 is 0 Å². The van der Waals surface area contributed by atoms with Crippen LogP contribution < -0.4 is 15.4 Å². The highest BCUT2D eigenvalue weighted by atomic mass is 79.9. The third-order valence-corrected chi connectivity index (χ3v) is 3.63. The van der Waals surface area contributed by atoms with Gasteiger partial charge in [-0.05, 0) is 55.8 Å². The summed E-state index contributed by atoms with van der Waals surface area (Å²) in [7, 11) is 1.57. The fourth-order valence-electron chi connectivity index (χ4n) is 1.79. The van der Waals surface area contributed by atoms with Crippen LogP contribution in [-0.4, -0.2) is 22.9 Å². The van der Waals surface area contributed by atoms with Crippen LogP contribution in [-0.2, 0) is 4.79 Å². The van der Waals surface area contributed by atoms with Crippen molar-refractivity contribution < 1.29 is 9.53 Å². The number of nitrogens with one attached hydrogen (secondary N) is 2. The zero-order valence-corrected chi connectivity index (χ0v) is 20.6. The molecular formula is C22H35BrN4O2. The molecule has 1 aromatic rings. The predicted molar refractivity (Wildman–Crippen MR) is 127 cm³/mol. The highest BCUT2D eigenvalue weighted by molar-refractivity contribution is 9.10. The lowest BCUT2D eigenvalue weighted by Crippen LogP contribution is -2.20. The minimum Gasteiger partial charge on any atom is -0.437 e. The lowest BCUT2D eigenvalue weighted by Gasteiger charge is -2.12. The highest BCUT2D eigenvalue weighted by Crippen LogP contribution is 2.26. The van der Waals surface area contributed by atoms with E-state index in [4.69, 9.17) is 4.74 Å². The molecule has 29 heavy (non-hydrogen) atoms. The average Bonchev–Trinajstić information content (AvgIpc) is 2.76. The van der Waals surface area contributed by atoms with Crippen LogP contribution in [0.4, 0.5) is 5.95 Å². The number of hydrogen-bond donors (Lipinski definition) is 2. The minimum absolute atomic E-state index is 0.221. The molecule has 7 heteroatoms. The van der Waals surface area contributed by atoms with Gasteiger partial charge in [-0.2, -0.15) is 4.98 Å². The van der Waals surface area contributed by atoms with E-state index < -0.39 is 0 Å². The van der Waals surface area contributed by atoms with E-state index in [9.17, 15) is 4.79 Å². The molecule has 0 aliphatic rings. The Hall–Kier alpha value is -2.41. The summed E-state index contributed by atoms with van der Waals surface area (Å²) >= 11 is 3.37. The number of amides is 1. The second kappa shape index (κ2) is 17.7. The monoisotopic (exact) mass is 466 g/mol. The molecule has 0 aliphatic heterocycles. The van der Waals surface area contributed by atoms with Gasteiger partial charge in [-0.15, -0.1) is 0 Å². The molecule has 162 valence electrons. The Balaban J connectivity index is 0. The normalized spacial score (nSPS) is 11.7. The van der Waals surface area contributed by atoms with Crippen LogP contribution in [0.25, 0.3) is 0 Å². The number of allylic oxidation sites excluding steroid dienone is 5. The van der Waals surface area contributed by atoms with Crippen molar-refractivity contribution in [3.05, 3.63) is 58.1 Å². The number of ether oxygens (including phenoxy) is 1. The second-order valence-corrected chi connectivity index (χ2v) is 5.74. The molecule has 0 fully saturated rings. The summed E-state index contributed by atoms with van der Waals surface area (Å²) in [5, 5.41) is 5.68. The smallest absolute Gasteiger partial charge is 0.250 e. The van der Waals surface area contributed by atoms with Crippen LogP contribution >= 0.6 is 15.9 Å². The molecular weight excluding hydrogens is 432 g/mol. The molecule has 6 nitrogen and oxygen atoms in total. The summed E-state index contributed by atoms with van der Waals surface area (Å²) in [5.74, 6) is 0.888. The SMILES string of the molecule is C/C=C\C(Oc1nc(NC(/C=C\C)=C/C)ncc1Br)=C(/C)C(=O)NC.CC.CC. The molecule has 0 spiro atoms. The van der Waals surface area contributed by atoms with Crippen LogP contribution in [0.1, 0.15) is 55.4 Å². The molecule has 1 heterocycles. The molecule has 1 aromatic heterocycles. The average molecular weight is 467 g/mol. The first-order valence-corrected chi connectivity index (χ1v) is 10.6. The maximum atomic E-state index is 11.9. The number of hydrogen-bond acceptors (Lipinski definition) is 5. The molecule has 0 radical (unpaired) electrons. The van der Waals surface area contributed by atoms with E-state index in [0.717, 1.165) is 5.70 Å². The summed E-state index contributed by atoms with van der Waals surface area (Å²) in [6, 6.07) is 0. The van der Waals surface area contributed by atoms with Crippen molar-refractivity contribution in [2.75, 3.05) is 12.4 Å². The zero-order chi connectivity index (χ0) is 22.8. The van der Waals surface area contributed by atoms with Crippen LogP contribution in [0.2, 0.25) is 0 Å². The van der Waals surface area contributed by atoms with Gasteiger partial charge in [0.15, 0.2) is 0 Å². The molecule has 0 aliphatic carbocycles. The second-order valence-electron chi connectivity index (χ2n) is 4.89. The lowest BCUT2D eigenvalue weighted by atomic mass is 10.2. The van der Waals surface area contributed by atoms with E-state index in [0.29, 0.717) is 27.6 Å². The van der Waals surface area contributed by atoms with Gasteiger partial charge < -0.3 is 15.4 Å². The van der Waals surface area contributed by atoms with Crippen molar-refractivity contribution >= 4 is 27.8 Å². The largest absolute Gasteiger partial charge is 0.437 e. The van der Waals surface area contributed by atoms with E-state index in [-0.39, 0.29) is 5.91 Å². The van der Waals surface area contributed by atoms with Crippen molar-refractivity contribution in [1.29, 1.82) is 0 Å². The summed E-state index contributed by atoms with van der Waals surface area (Å²) in [6.45, 7) is 15.4. The maximum Gasteiger partial charge on any atom is 0.250 e. The van der Waals surface area contributed by atoms with Crippen LogP contribution in [0.5, 0.6) is 5.88 Å². The molecule has 1 rings (SSSR count). The van der Waals surface area contributed by atoms with Crippen molar-refractivity contribution in [2.45, 2.75) is 55.4 Å². The van der Waals surface area contributed by atoms with Gasteiger partial charge in [0.25, 0.3) is 0 Å². The molecule has 0 atom stereocenters. The fourth-order valence-corrected chi connectivity index (χ4v) is 2.06. The van der Waals surface area contributed by atoms with Gasteiger partial charge in [-0.1, -0.05) is 45.9 Å². The number of anilines is 1. The Morgan fingerprint density at radius 3 is 2.17 bits per heavy atom. The molecule has 0 aromatic carbocycles. The van der Waals surface area contributed by atoms with Crippen LogP contribution in [0.15, 0.2) is 58.1 Å². The Kier molecular flexibility index (Phi) is 17.5. The Labute approximate surface area is 184 Å². The number of rotatable bonds is 7. The zero-order valence-electron chi connectivity index (χ0n) is 19.1. The van der Waals surface area contributed by atoms with E-state index >= 15 is 0 Å². The summed E-state index contributed by atoms with van der Waals surface area (Å²) in [6.07, 6.45) is 10.8. The third kappa shape index (κ3) is 10.6. The lowest BCUT2D eigenvalue weighted by molar-refractivity contribution is -0.117. The predicted octanol–water partition coefficient (Wildman–Crippen LogP) is 6.16. The Morgan fingerprint density at radius 1 is 1.10 bits per heavy atom. The molecule has 0 unspecified atom stereocenters. The van der Waals surface area contributed by atoms with Gasteiger partial charge in [0, 0.05) is 12.7 Å². The first-order valence-electron chi connectivity index (χ1n) is 9.78. The van der Waals surface area contributed by atoms with Crippen LogP contribution in [0.3, 0.4) is 0 Å². The molecule has 0 bridgehead atoms. The maximum absolute atomic E-state index is 11.9. The summed E-state index contributed by atoms with van der Waals surface area (Å²) in [5.41, 5.74) is 1.31. The summed E-state index contributed by atoms with van der Waals surface area (Å²) in [4.78, 5) is 20.5. The van der Waals surface area contributed by atoms with Gasteiger partial charge in [0.05, 0.1) is 16.2 Å². The van der Waals surface area contributed by atoms with Crippen molar-refractivity contribution in [2.24, 2.45) is 0 Å². The highest BCUT2D eigenvalue weighted by Gasteiger charge is 2.13. The quantitative estimate of drug-likeness (QED) is 0.285. The summed E-state index contributed by atoms with van der Waals surface area (Å²) < 4.78 is 6.42. The standard InChI is InChI=1S/C18H23BrN4O2.2C2H6/c1-6-9-13(8-3)22-18-21-11-14(19)17(23-18)25-15(10-7-2)12(4)16(24)20-5;2*1-2/h6-11H,1-5H3,(H,20,24)(H,21,22,23);2*1-2H3/b9-6-,10-7-,13-8+,15-12-;;. The third-order valence-electron chi connectivity index (χ3n) is 3.09. The van der Waals surface area contributed by atoms with Gasteiger partial charge in [0.1, 0.15) is 5.76 Å². The first-order chi connectivity index (χ1) is 14.0. The van der Waals surface area contributed by atoms with E-state index in [2.05, 4.69) is 36.5 Å². The minimum atomic E-state index is -0.221. The van der Waals surface area contributed by atoms with Gasteiger partial charge in [-0.3, -0.25) is 4.79 Å². The topological polar surface area (TPSA) is 76.1 Å². The van der Waals surface area contributed by atoms with E-state index in [1.807, 2.05) is 66.7 Å².